The van der Waals surface area contributed by atoms with Crippen LogP contribution in [0.1, 0.15) is 24.8 Å². The number of unbranched alkanes of at least 4 members (excludes halogenated alkanes) is 1. The molecule has 1 aliphatic heterocycles. The monoisotopic (exact) mass is 302 g/mol. The number of carboxylic acids is 1. The molecule has 1 aromatic rings. The average molecular weight is 302 g/mol. The molecule has 0 radical (unpaired) electrons. The summed E-state index contributed by atoms with van der Waals surface area (Å²) in [7, 11) is 0. The van der Waals surface area contributed by atoms with Crippen LogP contribution in [0, 0.1) is 0 Å². The van der Waals surface area contributed by atoms with Crippen LogP contribution < -0.4 is 4.74 Å². The fourth-order valence-corrected chi connectivity index (χ4v) is 1.81. The lowest BCUT2D eigenvalue weighted by molar-refractivity contribution is -0.166. The predicted octanol–water partition coefficient (Wildman–Crippen LogP) is 3.50. The zero-order valence-electron chi connectivity index (χ0n) is 10.9. The van der Waals surface area contributed by atoms with Crippen molar-refractivity contribution in [3.63, 3.8) is 0 Å². The van der Waals surface area contributed by atoms with Crippen molar-refractivity contribution in [3.8, 4) is 5.75 Å². The Morgan fingerprint density at radius 3 is 2.57 bits per heavy atom. The van der Waals surface area contributed by atoms with Gasteiger partial charge >= 0.3 is 17.8 Å². The average Bonchev–Trinajstić information content (AvgIpc) is 3.19. The van der Waals surface area contributed by atoms with Crippen LogP contribution in [-0.4, -0.2) is 23.9 Å². The molecule has 5 nitrogen and oxygen atoms in total. The van der Waals surface area contributed by atoms with Crippen molar-refractivity contribution >= 4 is 5.97 Å². The minimum atomic E-state index is -4.56. The predicted molar refractivity (Wildman–Crippen MR) is 66.0 cm³/mol. The molecular formula is C13H13F3N2O3. The van der Waals surface area contributed by atoms with Gasteiger partial charge in [-0.1, -0.05) is 12.1 Å². The Kier molecular flexibility index (Phi) is 4.15. The molecule has 1 heterocycles. The van der Waals surface area contributed by atoms with Gasteiger partial charge < -0.3 is 9.84 Å². The molecule has 0 amide bonds. The first-order chi connectivity index (χ1) is 9.85. The summed E-state index contributed by atoms with van der Waals surface area (Å²) >= 11 is 0. The van der Waals surface area contributed by atoms with Crippen molar-refractivity contribution in [2.24, 2.45) is 10.2 Å². The highest BCUT2D eigenvalue weighted by atomic mass is 19.4. The number of hydrogen-bond acceptors (Lipinski definition) is 4. The number of rotatable bonds is 7. The van der Waals surface area contributed by atoms with Crippen molar-refractivity contribution < 1.29 is 27.8 Å². The fraction of sp³-hybridized carbons (Fsp3) is 0.462. The van der Waals surface area contributed by atoms with E-state index in [1.54, 1.807) is 0 Å². The highest BCUT2D eigenvalue weighted by Crippen LogP contribution is 2.52. The second-order valence-corrected chi connectivity index (χ2v) is 4.60. The number of alkyl halides is 3. The molecule has 0 spiro atoms. The smallest absolute Gasteiger partial charge is 0.442 e. The molecule has 0 saturated heterocycles. The Hall–Kier alpha value is -2.12. The number of carboxylic acid groups (broad SMARTS) is 1. The summed E-state index contributed by atoms with van der Waals surface area (Å²) in [6.45, 7) is 0.240. The quantitative estimate of drug-likeness (QED) is 0.783. The summed E-state index contributed by atoms with van der Waals surface area (Å²) < 4.78 is 43.9. The normalized spacial score (nSPS) is 15.8. The largest absolute Gasteiger partial charge is 0.494 e. The zero-order chi connectivity index (χ0) is 15.5. The third kappa shape index (κ3) is 3.50. The highest BCUT2D eigenvalue weighted by Gasteiger charge is 2.65. The van der Waals surface area contributed by atoms with Gasteiger partial charge in [-0.05, 0) is 25.0 Å². The van der Waals surface area contributed by atoms with E-state index in [1.807, 2.05) is 0 Å². The molecule has 8 heteroatoms. The Bertz CT molecular complexity index is 552. The van der Waals surface area contributed by atoms with Gasteiger partial charge in [0.15, 0.2) is 0 Å². The molecule has 0 atom stereocenters. The van der Waals surface area contributed by atoms with E-state index in [0.29, 0.717) is 12.8 Å². The fourth-order valence-electron chi connectivity index (χ4n) is 1.81. The number of nitrogens with zero attached hydrogens (tertiary/aromatic N) is 2. The molecular weight excluding hydrogens is 289 g/mol. The van der Waals surface area contributed by atoms with Crippen molar-refractivity contribution in [2.75, 3.05) is 6.61 Å². The molecule has 0 unspecified atom stereocenters. The third-order valence-electron chi connectivity index (χ3n) is 2.99. The lowest BCUT2D eigenvalue weighted by Gasteiger charge is -2.15. The first-order valence-electron chi connectivity index (χ1n) is 6.31. The van der Waals surface area contributed by atoms with Gasteiger partial charge in [-0.3, -0.25) is 4.79 Å². The van der Waals surface area contributed by atoms with Gasteiger partial charge in [-0.15, -0.1) is 10.2 Å². The Labute approximate surface area is 118 Å². The Morgan fingerprint density at radius 1 is 1.29 bits per heavy atom. The van der Waals surface area contributed by atoms with E-state index in [4.69, 9.17) is 9.84 Å². The summed E-state index contributed by atoms with van der Waals surface area (Å²) in [6, 6.07) is 5.53. The SMILES string of the molecule is O=C(O)CCCCOc1cccc(C2(C(F)(F)F)N=N2)c1. The van der Waals surface area contributed by atoms with Crippen LogP contribution in [0.25, 0.3) is 0 Å². The minimum Gasteiger partial charge on any atom is -0.494 e. The number of aliphatic carboxylic acids is 1. The molecule has 0 aromatic heterocycles. The maximum atomic E-state index is 12.9. The maximum Gasteiger partial charge on any atom is 0.442 e. The summed E-state index contributed by atoms with van der Waals surface area (Å²) in [5.74, 6) is -0.607. The number of benzene rings is 1. The standard InChI is InChI=1S/C13H13F3N2O3/c14-13(15,16)12(17-18-12)9-4-3-5-10(8-9)21-7-2-1-6-11(19)20/h3-5,8H,1-2,6-7H2,(H,19,20). The lowest BCUT2D eigenvalue weighted by Crippen LogP contribution is -2.30. The van der Waals surface area contributed by atoms with Gasteiger partial charge in [0.2, 0.25) is 0 Å². The number of ether oxygens (including phenoxy) is 1. The van der Waals surface area contributed by atoms with Gasteiger partial charge in [0.25, 0.3) is 0 Å². The summed E-state index contributed by atoms with van der Waals surface area (Å²) in [6.07, 6.45) is -3.56. The van der Waals surface area contributed by atoms with E-state index in [9.17, 15) is 18.0 Å². The number of hydrogen-bond donors (Lipinski definition) is 1. The molecule has 0 aliphatic carbocycles. The topological polar surface area (TPSA) is 71.2 Å². The second-order valence-electron chi connectivity index (χ2n) is 4.60. The van der Waals surface area contributed by atoms with Crippen LogP contribution in [0.15, 0.2) is 34.5 Å². The van der Waals surface area contributed by atoms with Gasteiger partial charge in [-0.25, -0.2) is 0 Å². The van der Waals surface area contributed by atoms with Gasteiger partial charge in [0.1, 0.15) is 5.75 Å². The molecule has 1 N–H and O–H groups in total. The van der Waals surface area contributed by atoms with E-state index in [1.165, 1.54) is 24.3 Å². The summed E-state index contributed by atoms with van der Waals surface area (Å²) in [5, 5.41) is 14.7. The summed E-state index contributed by atoms with van der Waals surface area (Å²) in [5.41, 5.74) is -2.53. The number of carbonyl (C=O) groups is 1. The van der Waals surface area contributed by atoms with Crippen molar-refractivity contribution in [1.82, 2.24) is 0 Å². The van der Waals surface area contributed by atoms with Crippen LogP contribution in [-0.2, 0) is 10.5 Å². The first kappa shape index (κ1) is 15.3. The Balaban J connectivity index is 1.92. The molecule has 1 aromatic carbocycles. The minimum absolute atomic E-state index is 0.0400. The van der Waals surface area contributed by atoms with Crippen LogP contribution >= 0.6 is 0 Å². The zero-order valence-corrected chi connectivity index (χ0v) is 10.9. The lowest BCUT2D eigenvalue weighted by atomic mass is 10.0. The van der Waals surface area contributed by atoms with Crippen molar-refractivity contribution in [3.05, 3.63) is 29.8 Å². The van der Waals surface area contributed by atoms with Crippen LogP contribution in [0.5, 0.6) is 5.75 Å². The molecule has 114 valence electrons. The molecule has 0 saturated carbocycles. The van der Waals surface area contributed by atoms with Gasteiger partial charge in [0, 0.05) is 12.0 Å². The molecule has 0 bridgehead atoms. The first-order valence-corrected chi connectivity index (χ1v) is 6.31. The van der Waals surface area contributed by atoms with E-state index < -0.39 is 17.8 Å². The van der Waals surface area contributed by atoms with Gasteiger partial charge in [0.05, 0.1) is 6.61 Å². The van der Waals surface area contributed by atoms with Crippen LogP contribution in [0.3, 0.4) is 0 Å². The molecule has 0 fully saturated rings. The molecule has 1 aliphatic rings. The third-order valence-corrected chi connectivity index (χ3v) is 2.99. The second kappa shape index (κ2) is 5.71. The van der Waals surface area contributed by atoms with E-state index in [0.717, 1.165) is 0 Å². The van der Waals surface area contributed by atoms with E-state index in [-0.39, 0.29) is 24.3 Å². The van der Waals surface area contributed by atoms with E-state index in [2.05, 4.69) is 10.2 Å². The van der Waals surface area contributed by atoms with E-state index >= 15 is 0 Å². The van der Waals surface area contributed by atoms with Crippen LogP contribution in [0.2, 0.25) is 0 Å². The number of halogens is 3. The highest BCUT2D eigenvalue weighted by molar-refractivity contribution is 5.66. The summed E-state index contributed by atoms with van der Waals surface area (Å²) in [4.78, 5) is 10.3. The van der Waals surface area contributed by atoms with Crippen LogP contribution in [0.4, 0.5) is 13.2 Å². The molecule has 2 rings (SSSR count). The maximum absolute atomic E-state index is 12.9. The van der Waals surface area contributed by atoms with Crippen molar-refractivity contribution in [1.29, 1.82) is 0 Å². The Morgan fingerprint density at radius 2 is 2.00 bits per heavy atom. The molecule has 21 heavy (non-hydrogen) atoms. The van der Waals surface area contributed by atoms with Gasteiger partial charge in [-0.2, -0.15) is 13.2 Å². The van der Waals surface area contributed by atoms with Crippen molar-refractivity contribution in [2.45, 2.75) is 31.1 Å².